The topological polar surface area (TPSA) is 0 Å². The Morgan fingerprint density at radius 3 is 2.25 bits per heavy atom. The van der Waals surface area contributed by atoms with Crippen LogP contribution in [0.25, 0.3) is 0 Å². The van der Waals surface area contributed by atoms with Gasteiger partial charge in [0.2, 0.25) is 0 Å². The second-order valence-electron chi connectivity index (χ2n) is 1.44. The van der Waals surface area contributed by atoms with Gasteiger partial charge in [-0.25, -0.2) is 0 Å². The molecular weight excluding hydrogens is 297 g/mol. The van der Waals surface area contributed by atoms with E-state index in [0.717, 1.165) is 26.3 Å². The van der Waals surface area contributed by atoms with Crippen molar-refractivity contribution in [3.05, 3.63) is 22.1 Å². The Balaban J connectivity index is 2.43. The first-order chi connectivity index (χ1) is 3.97. The van der Waals surface area contributed by atoms with E-state index < -0.39 is 0 Å². The van der Waals surface area contributed by atoms with Gasteiger partial charge in [-0.2, -0.15) is 0 Å². The van der Waals surface area contributed by atoms with Crippen molar-refractivity contribution in [3.8, 4) is 0 Å². The van der Waals surface area contributed by atoms with E-state index >= 15 is 0 Å². The molecule has 0 amide bonds. The standard InChI is InChI=1S/C5H4Se3/c1-3-6-8-5(1)2-4-7-8/h1-4H. The fourth-order valence-corrected chi connectivity index (χ4v) is 20.5. The van der Waals surface area contributed by atoms with Gasteiger partial charge < -0.3 is 0 Å². The van der Waals surface area contributed by atoms with E-state index in [1.54, 1.807) is 4.42 Å². The quantitative estimate of drug-likeness (QED) is 0.539. The molecule has 0 fully saturated rings. The van der Waals surface area contributed by atoms with E-state index in [0.29, 0.717) is 0 Å². The molecule has 42 valence electrons. The Bertz CT molecular complexity index is 180. The third kappa shape index (κ3) is 0.844. The molecule has 0 N–H and O–H groups in total. The second-order valence-corrected chi connectivity index (χ2v) is 22.4. The number of allylic oxidation sites excluding steroid dienone is 2. The summed E-state index contributed by atoms with van der Waals surface area (Å²) in [6.07, 6.45) is 4.69. The van der Waals surface area contributed by atoms with Crippen molar-refractivity contribution in [3.63, 3.8) is 0 Å². The zero-order chi connectivity index (χ0) is 5.40. The van der Waals surface area contributed by atoms with Crippen LogP contribution < -0.4 is 0 Å². The maximum absolute atomic E-state index is 2.40. The van der Waals surface area contributed by atoms with Crippen LogP contribution in [0.5, 0.6) is 0 Å². The van der Waals surface area contributed by atoms with Gasteiger partial charge in [0.25, 0.3) is 0 Å². The fraction of sp³-hybridized carbons (Fsp3) is 0. The molecule has 2 heterocycles. The summed E-state index contributed by atoms with van der Waals surface area (Å²) in [5, 5.41) is 0. The van der Waals surface area contributed by atoms with E-state index in [9.17, 15) is 0 Å². The summed E-state index contributed by atoms with van der Waals surface area (Å²) in [5.41, 5.74) is 0. The predicted molar refractivity (Wildman–Crippen MR) is 40.5 cm³/mol. The van der Waals surface area contributed by atoms with Crippen molar-refractivity contribution >= 4 is 40.5 Å². The maximum atomic E-state index is 2.40. The van der Waals surface area contributed by atoms with E-state index in [1.165, 1.54) is 0 Å². The third-order valence-electron chi connectivity index (χ3n) is 0.943. The molecule has 2 aliphatic heterocycles. The first kappa shape index (κ1) is 5.68. The molecule has 0 saturated heterocycles. The van der Waals surface area contributed by atoms with Gasteiger partial charge >= 0.3 is 62.6 Å². The van der Waals surface area contributed by atoms with Crippen LogP contribution >= 0.6 is 0 Å². The molecular formula is C5H4Se3. The minimum atomic E-state index is -0.102. The van der Waals surface area contributed by atoms with E-state index in [-0.39, 0.29) is 9.81 Å². The van der Waals surface area contributed by atoms with Gasteiger partial charge in [0.15, 0.2) is 0 Å². The van der Waals surface area contributed by atoms with Crippen LogP contribution in [0, 0.1) is 0 Å². The van der Waals surface area contributed by atoms with Gasteiger partial charge in [0.1, 0.15) is 0 Å². The summed E-state index contributed by atoms with van der Waals surface area (Å²) < 4.78 is 1.73. The Morgan fingerprint density at radius 2 is 1.75 bits per heavy atom. The Labute approximate surface area is 62.3 Å². The summed E-state index contributed by atoms with van der Waals surface area (Å²) in [6.45, 7) is 0. The van der Waals surface area contributed by atoms with Gasteiger partial charge in [-0.05, 0) is 0 Å². The molecule has 0 atom stereocenters. The molecule has 0 aromatic carbocycles. The predicted octanol–water partition coefficient (Wildman–Crippen LogP) is -0.308. The monoisotopic (exact) mass is 304 g/mol. The van der Waals surface area contributed by atoms with Crippen molar-refractivity contribution < 1.29 is 0 Å². The molecule has 0 aromatic rings. The molecule has 2 aliphatic rings. The van der Waals surface area contributed by atoms with Gasteiger partial charge in [0.05, 0.1) is 0 Å². The van der Waals surface area contributed by atoms with Crippen LogP contribution in [0.2, 0.25) is 0 Å². The van der Waals surface area contributed by atoms with Crippen molar-refractivity contribution in [2.75, 3.05) is 0 Å². The van der Waals surface area contributed by atoms with Gasteiger partial charge in [-0.3, -0.25) is 0 Å². The van der Waals surface area contributed by atoms with E-state index in [2.05, 4.69) is 22.1 Å². The summed E-state index contributed by atoms with van der Waals surface area (Å²) in [6, 6.07) is 0. The van der Waals surface area contributed by atoms with E-state index in [4.69, 9.17) is 0 Å². The fourth-order valence-electron chi connectivity index (χ4n) is 0.591. The molecule has 0 unspecified atom stereocenters. The molecule has 0 nitrogen and oxygen atoms in total. The summed E-state index contributed by atoms with van der Waals surface area (Å²) in [7, 11) is -0.102. The molecule has 0 saturated carbocycles. The molecule has 0 spiro atoms. The van der Waals surface area contributed by atoms with Gasteiger partial charge in [0, 0.05) is 0 Å². The van der Waals surface area contributed by atoms with Crippen LogP contribution in [0.15, 0.2) is 22.1 Å². The van der Waals surface area contributed by atoms with Crippen molar-refractivity contribution in [2.24, 2.45) is 0 Å². The first-order valence-electron chi connectivity index (χ1n) is 2.25. The molecule has 0 bridgehead atoms. The van der Waals surface area contributed by atoms with Gasteiger partial charge in [-0.1, -0.05) is 0 Å². The van der Waals surface area contributed by atoms with Crippen molar-refractivity contribution in [1.82, 2.24) is 0 Å². The van der Waals surface area contributed by atoms with E-state index in [1.807, 2.05) is 0 Å². The Hall–Kier alpha value is 0.908. The van der Waals surface area contributed by atoms with Crippen LogP contribution in [0.3, 0.4) is 0 Å². The number of hydrogen-bond donors (Lipinski definition) is 0. The average molecular weight is 301 g/mol. The Morgan fingerprint density at radius 1 is 1.12 bits per heavy atom. The summed E-state index contributed by atoms with van der Waals surface area (Å²) in [4.78, 5) is 4.80. The number of rotatable bonds is 0. The summed E-state index contributed by atoms with van der Waals surface area (Å²) in [5.74, 6) is 0. The molecule has 0 aliphatic carbocycles. The molecule has 0 radical (unpaired) electrons. The molecule has 3 heteroatoms. The average Bonchev–Trinajstić information content (AvgIpc) is 2.15. The SMILES string of the molecule is C1=CC2=[Se]([Se]1)[Se]C=C2. The normalized spacial score (nSPS) is 25.2. The van der Waals surface area contributed by atoms with Crippen LogP contribution in [0.4, 0.5) is 0 Å². The summed E-state index contributed by atoms with van der Waals surface area (Å²) >= 11 is 1.89. The second kappa shape index (κ2) is 2.27. The number of hydrogen-bond acceptors (Lipinski definition) is 0. The Kier molecular flexibility index (Phi) is 1.61. The molecule has 2 rings (SSSR count). The van der Waals surface area contributed by atoms with Gasteiger partial charge in [-0.15, -0.1) is 0 Å². The third-order valence-corrected chi connectivity index (χ3v) is 23.4. The molecule has 8 heavy (non-hydrogen) atoms. The van der Waals surface area contributed by atoms with Crippen LogP contribution in [-0.4, -0.2) is 40.5 Å². The first-order valence-corrected chi connectivity index (χ1v) is 13.8. The van der Waals surface area contributed by atoms with Crippen molar-refractivity contribution in [2.45, 2.75) is 0 Å². The minimum absolute atomic E-state index is 0.102. The van der Waals surface area contributed by atoms with Crippen LogP contribution in [-0.2, 0) is 0 Å². The van der Waals surface area contributed by atoms with Crippen LogP contribution in [0.1, 0.15) is 0 Å². The zero-order valence-electron chi connectivity index (χ0n) is 4.03. The molecule has 0 aromatic heterocycles. The van der Waals surface area contributed by atoms with Crippen molar-refractivity contribution in [1.29, 1.82) is 0 Å². The zero-order valence-corrected chi connectivity index (χ0v) is 9.17.